The smallest absolute Gasteiger partial charge is 0.317 e. The van der Waals surface area contributed by atoms with Crippen LogP contribution in [0.25, 0.3) is 0 Å². The summed E-state index contributed by atoms with van der Waals surface area (Å²) in [4.78, 5) is 24.5. The fourth-order valence-electron chi connectivity index (χ4n) is 2.79. The average Bonchev–Trinajstić information content (AvgIpc) is 2.44. The number of benzene rings is 1. The first-order chi connectivity index (χ1) is 10.9. The van der Waals surface area contributed by atoms with Crippen molar-refractivity contribution in [3.05, 3.63) is 35.4 Å². The fraction of sp³-hybridized carbons (Fsp3) is 0.500. The summed E-state index contributed by atoms with van der Waals surface area (Å²) in [7, 11) is 0. The van der Waals surface area contributed by atoms with Gasteiger partial charge in [0.05, 0.1) is 13.0 Å². The van der Waals surface area contributed by atoms with E-state index in [0.29, 0.717) is 24.9 Å². The maximum atomic E-state index is 13.1. The van der Waals surface area contributed by atoms with Crippen LogP contribution in [0.4, 0.5) is 8.78 Å². The van der Waals surface area contributed by atoms with Crippen molar-refractivity contribution in [2.75, 3.05) is 13.1 Å². The number of aliphatic carboxylic acids is 1. The highest BCUT2D eigenvalue weighted by molar-refractivity contribution is 5.79. The van der Waals surface area contributed by atoms with E-state index >= 15 is 0 Å². The van der Waals surface area contributed by atoms with Gasteiger partial charge in [-0.05, 0) is 37.1 Å². The van der Waals surface area contributed by atoms with E-state index in [-0.39, 0.29) is 31.0 Å². The van der Waals surface area contributed by atoms with E-state index in [1.165, 1.54) is 6.07 Å². The molecule has 0 radical (unpaired) electrons. The summed E-state index contributed by atoms with van der Waals surface area (Å²) in [5, 5.41) is 11.7. The van der Waals surface area contributed by atoms with Crippen molar-refractivity contribution in [3.63, 3.8) is 0 Å². The van der Waals surface area contributed by atoms with Gasteiger partial charge in [0, 0.05) is 12.1 Å². The molecule has 1 aliphatic rings. The largest absolute Gasteiger partial charge is 0.480 e. The molecule has 126 valence electrons. The summed E-state index contributed by atoms with van der Waals surface area (Å²) in [5.74, 6) is -3.02. The van der Waals surface area contributed by atoms with E-state index in [1.54, 1.807) is 0 Å². The second-order valence-electron chi connectivity index (χ2n) is 5.77. The summed E-state index contributed by atoms with van der Waals surface area (Å²) < 4.78 is 25.9. The van der Waals surface area contributed by atoms with Gasteiger partial charge in [-0.3, -0.25) is 14.5 Å². The van der Waals surface area contributed by atoms with E-state index in [4.69, 9.17) is 5.11 Å². The topological polar surface area (TPSA) is 69.6 Å². The molecule has 23 heavy (non-hydrogen) atoms. The first-order valence-electron chi connectivity index (χ1n) is 7.58. The van der Waals surface area contributed by atoms with Crippen LogP contribution in [0, 0.1) is 11.6 Å². The van der Waals surface area contributed by atoms with Gasteiger partial charge in [0.2, 0.25) is 5.91 Å². The Morgan fingerprint density at radius 2 is 2.00 bits per heavy atom. The number of nitrogens with one attached hydrogen (secondary N) is 1. The number of hydrogen-bond acceptors (Lipinski definition) is 3. The minimum Gasteiger partial charge on any atom is -0.480 e. The van der Waals surface area contributed by atoms with Crippen LogP contribution in [0.1, 0.15) is 25.3 Å². The second-order valence-corrected chi connectivity index (χ2v) is 5.77. The molecule has 0 aliphatic heterocycles. The van der Waals surface area contributed by atoms with Gasteiger partial charge < -0.3 is 10.4 Å². The van der Waals surface area contributed by atoms with Crippen molar-refractivity contribution in [1.82, 2.24) is 10.2 Å². The Bertz CT molecular complexity index is 589. The minimum absolute atomic E-state index is 0.000593. The van der Waals surface area contributed by atoms with E-state index < -0.39 is 17.6 Å². The monoisotopic (exact) mass is 326 g/mol. The molecule has 1 amide bonds. The van der Waals surface area contributed by atoms with Gasteiger partial charge in [-0.15, -0.1) is 0 Å². The van der Waals surface area contributed by atoms with E-state index in [9.17, 15) is 18.4 Å². The molecule has 0 heterocycles. The first kappa shape index (κ1) is 17.3. The molecule has 0 saturated heterocycles. The highest BCUT2D eigenvalue weighted by Gasteiger charge is 2.34. The summed E-state index contributed by atoms with van der Waals surface area (Å²) in [6.07, 6.45) is 1.39. The van der Waals surface area contributed by atoms with Gasteiger partial charge in [0.25, 0.3) is 0 Å². The van der Waals surface area contributed by atoms with Crippen LogP contribution in [-0.4, -0.2) is 47.1 Å². The molecule has 0 aromatic heterocycles. The van der Waals surface area contributed by atoms with Gasteiger partial charge in [-0.1, -0.05) is 13.0 Å². The van der Waals surface area contributed by atoms with Crippen molar-refractivity contribution in [2.24, 2.45) is 0 Å². The molecule has 0 unspecified atom stereocenters. The molecule has 1 fully saturated rings. The van der Waals surface area contributed by atoms with Gasteiger partial charge >= 0.3 is 5.97 Å². The maximum Gasteiger partial charge on any atom is 0.317 e. The third kappa shape index (κ3) is 4.72. The SMILES string of the molecule is CCN(CC(=O)O)C1CC(NC(=O)Cc2ccc(F)c(F)c2)C1. The molecular weight excluding hydrogens is 306 g/mol. The Morgan fingerprint density at radius 3 is 2.57 bits per heavy atom. The number of carboxylic acid groups (broad SMARTS) is 1. The fourth-order valence-corrected chi connectivity index (χ4v) is 2.79. The lowest BCUT2D eigenvalue weighted by atomic mass is 9.85. The van der Waals surface area contributed by atoms with Gasteiger partial charge in [-0.2, -0.15) is 0 Å². The molecule has 0 atom stereocenters. The number of carbonyl (C=O) groups is 2. The highest BCUT2D eigenvalue weighted by Crippen LogP contribution is 2.25. The molecule has 2 rings (SSSR count). The summed E-state index contributed by atoms with van der Waals surface area (Å²) in [6, 6.07) is 3.56. The molecule has 1 saturated carbocycles. The number of amides is 1. The zero-order chi connectivity index (χ0) is 17.0. The van der Waals surface area contributed by atoms with E-state index in [0.717, 1.165) is 12.1 Å². The quantitative estimate of drug-likeness (QED) is 0.798. The van der Waals surface area contributed by atoms with Gasteiger partial charge in [-0.25, -0.2) is 8.78 Å². The van der Waals surface area contributed by atoms with E-state index in [1.807, 2.05) is 11.8 Å². The predicted octanol–water partition coefficient (Wildman–Crippen LogP) is 1.56. The zero-order valence-electron chi connectivity index (χ0n) is 12.9. The summed E-state index contributed by atoms with van der Waals surface area (Å²) >= 11 is 0. The third-order valence-corrected chi connectivity index (χ3v) is 4.09. The number of rotatable bonds is 7. The standard InChI is InChI=1S/C16H20F2N2O3/c1-2-20(9-16(22)23)12-7-11(8-12)19-15(21)6-10-3-4-13(17)14(18)5-10/h3-5,11-12H,2,6-9H2,1H3,(H,19,21)(H,22,23). The second kappa shape index (κ2) is 7.50. The molecule has 1 aromatic carbocycles. The predicted molar refractivity (Wildman–Crippen MR) is 79.9 cm³/mol. The number of hydrogen-bond donors (Lipinski definition) is 2. The number of carboxylic acids is 1. The molecular formula is C16H20F2N2O3. The van der Waals surface area contributed by atoms with Crippen LogP contribution in [0.2, 0.25) is 0 Å². The maximum absolute atomic E-state index is 13.1. The highest BCUT2D eigenvalue weighted by atomic mass is 19.2. The van der Waals surface area contributed by atoms with Crippen molar-refractivity contribution >= 4 is 11.9 Å². The Morgan fingerprint density at radius 1 is 1.30 bits per heavy atom. The molecule has 7 heteroatoms. The minimum atomic E-state index is -0.966. The van der Waals surface area contributed by atoms with E-state index in [2.05, 4.69) is 5.32 Å². The van der Waals surface area contributed by atoms with Crippen LogP contribution >= 0.6 is 0 Å². The lowest BCUT2D eigenvalue weighted by molar-refractivity contribution is -0.139. The van der Waals surface area contributed by atoms with Crippen molar-refractivity contribution in [3.8, 4) is 0 Å². The number of nitrogens with zero attached hydrogens (tertiary/aromatic N) is 1. The van der Waals surface area contributed by atoms with Crippen molar-refractivity contribution in [2.45, 2.75) is 38.3 Å². The molecule has 5 nitrogen and oxygen atoms in total. The molecule has 0 spiro atoms. The normalized spacial score (nSPS) is 20.2. The van der Waals surface area contributed by atoms with Crippen LogP contribution in [0.15, 0.2) is 18.2 Å². The number of likely N-dealkylation sites (N-methyl/N-ethyl adjacent to an activating group) is 1. The molecule has 1 aromatic rings. The summed E-state index contributed by atoms with van der Waals surface area (Å²) in [6.45, 7) is 2.54. The van der Waals surface area contributed by atoms with Crippen LogP contribution in [0.5, 0.6) is 0 Å². The van der Waals surface area contributed by atoms with Crippen LogP contribution in [-0.2, 0) is 16.0 Å². The number of carbonyl (C=O) groups excluding carboxylic acids is 1. The first-order valence-corrected chi connectivity index (χ1v) is 7.58. The Kier molecular flexibility index (Phi) is 5.65. The molecule has 1 aliphatic carbocycles. The molecule has 2 N–H and O–H groups in total. The lowest BCUT2D eigenvalue weighted by Crippen LogP contribution is -2.55. The zero-order valence-corrected chi connectivity index (χ0v) is 12.9. The Balaban J connectivity index is 1.77. The summed E-state index contributed by atoms with van der Waals surface area (Å²) in [5.41, 5.74) is 0.415. The Labute approximate surface area is 133 Å². The third-order valence-electron chi connectivity index (χ3n) is 4.09. The lowest BCUT2D eigenvalue weighted by Gasteiger charge is -2.42. The van der Waals surface area contributed by atoms with Crippen molar-refractivity contribution < 1.29 is 23.5 Å². The van der Waals surface area contributed by atoms with Crippen LogP contribution in [0.3, 0.4) is 0 Å². The van der Waals surface area contributed by atoms with Crippen LogP contribution < -0.4 is 5.32 Å². The van der Waals surface area contributed by atoms with Crippen molar-refractivity contribution in [1.29, 1.82) is 0 Å². The molecule has 0 bridgehead atoms. The Hall–Kier alpha value is -2.02. The van der Waals surface area contributed by atoms with Gasteiger partial charge in [0.15, 0.2) is 11.6 Å². The van der Waals surface area contributed by atoms with Gasteiger partial charge in [0.1, 0.15) is 0 Å². The average molecular weight is 326 g/mol. The number of halogens is 2.